The number of amides is 1. The number of hydrogen-bond acceptors (Lipinski definition) is 5. The third-order valence-corrected chi connectivity index (χ3v) is 3.58. The Bertz CT molecular complexity index is 500. The highest BCUT2D eigenvalue weighted by atomic mass is 32.2. The molecule has 0 aliphatic rings. The van der Waals surface area contributed by atoms with Crippen molar-refractivity contribution in [3.05, 3.63) is 17.5 Å². The van der Waals surface area contributed by atoms with Gasteiger partial charge in [0.15, 0.2) is 5.16 Å². The number of hydrazone groups is 1. The maximum absolute atomic E-state index is 11.7. The molecule has 0 spiro atoms. The maximum Gasteiger partial charge on any atom is 0.250 e. The Hall–Kier alpha value is -1.43. The van der Waals surface area contributed by atoms with Crippen molar-refractivity contribution in [1.29, 1.82) is 0 Å². The molecule has 0 atom stereocenters. The predicted octanol–water partition coefficient (Wildman–Crippen LogP) is 2.72. The zero-order chi connectivity index (χ0) is 15.3. The van der Waals surface area contributed by atoms with E-state index in [0.717, 1.165) is 17.1 Å². The van der Waals surface area contributed by atoms with Crippen molar-refractivity contribution in [3.63, 3.8) is 0 Å². The van der Waals surface area contributed by atoms with Gasteiger partial charge in [-0.05, 0) is 26.8 Å². The van der Waals surface area contributed by atoms with Crippen LogP contribution in [0.4, 0.5) is 0 Å². The standard InChI is InChI=1S/C14H22N4OS/c1-9-7-10(2)16-13(15-9)20-8-12(19)18-17-11(3)14(4,5)6/h7H,8H2,1-6H3,(H,18,19). The zero-order valence-electron chi connectivity index (χ0n) is 12.9. The molecular formula is C14H22N4OS. The van der Waals surface area contributed by atoms with Crippen molar-refractivity contribution >= 4 is 23.4 Å². The molecule has 1 heterocycles. The summed E-state index contributed by atoms with van der Waals surface area (Å²) in [5, 5.41) is 4.73. The van der Waals surface area contributed by atoms with Crippen LogP contribution in [0.15, 0.2) is 16.3 Å². The first kappa shape index (κ1) is 16.6. The van der Waals surface area contributed by atoms with Crippen molar-refractivity contribution < 1.29 is 4.79 Å². The van der Waals surface area contributed by atoms with E-state index >= 15 is 0 Å². The number of thioether (sulfide) groups is 1. The summed E-state index contributed by atoms with van der Waals surface area (Å²) in [7, 11) is 0. The molecule has 6 heteroatoms. The number of carbonyl (C=O) groups is 1. The maximum atomic E-state index is 11.7. The van der Waals surface area contributed by atoms with Gasteiger partial charge in [-0.1, -0.05) is 32.5 Å². The topological polar surface area (TPSA) is 67.2 Å². The molecule has 0 unspecified atom stereocenters. The zero-order valence-corrected chi connectivity index (χ0v) is 13.8. The van der Waals surface area contributed by atoms with Crippen LogP contribution >= 0.6 is 11.8 Å². The molecule has 1 N–H and O–H groups in total. The highest BCUT2D eigenvalue weighted by molar-refractivity contribution is 7.99. The SMILES string of the molecule is CC(=NNC(=O)CSc1nc(C)cc(C)n1)C(C)(C)C. The largest absolute Gasteiger partial charge is 0.272 e. The number of carbonyl (C=O) groups excluding carboxylic acids is 1. The van der Waals surface area contributed by atoms with E-state index in [4.69, 9.17) is 0 Å². The summed E-state index contributed by atoms with van der Waals surface area (Å²) in [6.45, 7) is 11.9. The van der Waals surface area contributed by atoms with Crippen molar-refractivity contribution in [3.8, 4) is 0 Å². The van der Waals surface area contributed by atoms with Crippen LogP contribution in [-0.2, 0) is 4.79 Å². The molecule has 1 aromatic heterocycles. The molecule has 0 saturated carbocycles. The highest BCUT2D eigenvalue weighted by Crippen LogP contribution is 2.15. The van der Waals surface area contributed by atoms with E-state index in [1.54, 1.807) is 0 Å². The van der Waals surface area contributed by atoms with Gasteiger partial charge >= 0.3 is 0 Å². The second kappa shape index (κ2) is 6.83. The molecular weight excluding hydrogens is 272 g/mol. The van der Waals surface area contributed by atoms with E-state index < -0.39 is 0 Å². The highest BCUT2D eigenvalue weighted by Gasteiger charge is 2.14. The minimum absolute atomic E-state index is 0.0445. The lowest BCUT2D eigenvalue weighted by Crippen LogP contribution is -2.25. The fraction of sp³-hybridized carbons (Fsp3) is 0.571. The minimum atomic E-state index is -0.152. The second-order valence-electron chi connectivity index (χ2n) is 5.70. The Morgan fingerprint density at radius 2 is 1.85 bits per heavy atom. The number of aromatic nitrogens is 2. The van der Waals surface area contributed by atoms with Gasteiger partial charge in [-0.2, -0.15) is 5.10 Å². The molecule has 0 radical (unpaired) electrons. The molecule has 20 heavy (non-hydrogen) atoms. The summed E-state index contributed by atoms with van der Waals surface area (Å²) in [5.41, 5.74) is 5.21. The van der Waals surface area contributed by atoms with E-state index in [2.05, 4.69) is 41.3 Å². The molecule has 1 amide bonds. The molecule has 1 aromatic rings. The molecule has 0 fully saturated rings. The molecule has 0 aliphatic heterocycles. The fourth-order valence-corrected chi connectivity index (χ4v) is 1.98. The van der Waals surface area contributed by atoms with Crippen LogP contribution in [0.1, 0.15) is 39.1 Å². The van der Waals surface area contributed by atoms with Crippen LogP contribution in [0.5, 0.6) is 0 Å². The van der Waals surface area contributed by atoms with Crippen LogP contribution in [0.3, 0.4) is 0 Å². The predicted molar refractivity (Wildman–Crippen MR) is 82.9 cm³/mol. The Labute approximate surface area is 124 Å². The third-order valence-electron chi connectivity index (χ3n) is 2.73. The molecule has 0 saturated heterocycles. The number of nitrogens with zero attached hydrogens (tertiary/aromatic N) is 3. The second-order valence-corrected chi connectivity index (χ2v) is 6.65. The van der Waals surface area contributed by atoms with Gasteiger partial charge in [0.1, 0.15) is 0 Å². The Morgan fingerprint density at radius 3 is 2.35 bits per heavy atom. The summed E-state index contributed by atoms with van der Waals surface area (Å²) >= 11 is 1.31. The first-order valence-electron chi connectivity index (χ1n) is 6.47. The van der Waals surface area contributed by atoms with Crippen LogP contribution in [-0.4, -0.2) is 27.3 Å². The van der Waals surface area contributed by atoms with E-state index in [1.165, 1.54) is 11.8 Å². The van der Waals surface area contributed by atoms with Crippen LogP contribution in [0, 0.1) is 19.3 Å². The van der Waals surface area contributed by atoms with Crippen LogP contribution < -0.4 is 5.43 Å². The van der Waals surface area contributed by atoms with Gasteiger partial charge in [0.05, 0.1) is 5.75 Å². The van der Waals surface area contributed by atoms with Gasteiger partial charge in [0.2, 0.25) is 0 Å². The Morgan fingerprint density at radius 1 is 1.30 bits per heavy atom. The lowest BCUT2D eigenvalue weighted by molar-refractivity contribution is -0.118. The summed E-state index contributed by atoms with van der Waals surface area (Å²) in [6.07, 6.45) is 0. The molecule has 5 nitrogen and oxygen atoms in total. The quantitative estimate of drug-likeness (QED) is 0.401. The van der Waals surface area contributed by atoms with E-state index in [0.29, 0.717) is 5.16 Å². The first-order chi connectivity index (χ1) is 9.18. The van der Waals surface area contributed by atoms with Gasteiger partial charge in [0.25, 0.3) is 5.91 Å². The van der Waals surface area contributed by atoms with E-state index in [1.807, 2.05) is 26.8 Å². The van der Waals surface area contributed by atoms with Crippen molar-refractivity contribution in [1.82, 2.24) is 15.4 Å². The third kappa shape index (κ3) is 5.69. The summed E-state index contributed by atoms with van der Waals surface area (Å²) in [5.74, 6) is 0.102. The summed E-state index contributed by atoms with van der Waals surface area (Å²) < 4.78 is 0. The van der Waals surface area contributed by atoms with Gasteiger partial charge in [-0.3, -0.25) is 4.79 Å². The van der Waals surface area contributed by atoms with Crippen molar-refractivity contribution in [2.24, 2.45) is 10.5 Å². The van der Waals surface area contributed by atoms with E-state index in [-0.39, 0.29) is 17.1 Å². The summed E-state index contributed by atoms with van der Waals surface area (Å²) in [6, 6.07) is 1.90. The first-order valence-corrected chi connectivity index (χ1v) is 7.46. The number of hydrogen-bond donors (Lipinski definition) is 1. The van der Waals surface area contributed by atoms with Gasteiger partial charge in [0, 0.05) is 22.5 Å². The Balaban J connectivity index is 2.52. The van der Waals surface area contributed by atoms with Crippen molar-refractivity contribution in [2.45, 2.75) is 46.7 Å². The number of aryl methyl sites for hydroxylation is 2. The van der Waals surface area contributed by atoms with Gasteiger partial charge in [-0.25, -0.2) is 15.4 Å². The normalized spacial score (nSPS) is 12.4. The minimum Gasteiger partial charge on any atom is -0.272 e. The smallest absolute Gasteiger partial charge is 0.250 e. The van der Waals surface area contributed by atoms with Crippen molar-refractivity contribution in [2.75, 3.05) is 5.75 Å². The molecule has 110 valence electrons. The molecule has 0 aromatic carbocycles. The monoisotopic (exact) mass is 294 g/mol. The number of nitrogens with one attached hydrogen (secondary N) is 1. The van der Waals surface area contributed by atoms with Gasteiger partial charge < -0.3 is 0 Å². The van der Waals surface area contributed by atoms with Gasteiger partial charge in [-0.15, -0.1) is 0 Å². The number of rotatable bonds is 4. The fourth-order valence-electron chi connectivity index (χ4n) is 1.23. The average Bonchev–Trinajstić information content (AvgIpc) is 2.31. The van der Waals surface area contributed by atoms with E-state index in [9.17, 15) is 4.79 Å². The lowest BCUT2D eigenvalue weighted by atomic mass is 9.91. The van der Waals surface area contributed by atoms with Crippen LogP contribution in [0.25, 0.3) is 0 Å². The van der Waals surface area contributed by atoms with Crippen LogP contribution in [0.2, 0.25) is 0 Å². The molecule has 0 aliphatic carbocycles. The Kier molecular flexibility index (Phi) is 5.68. The molecule has 1 rings (SSSR count). The molecule has 0 bridgehead atoms. The average molecular weight is 294 g/mol. The summed E-state index contributed by atoms with van der Waals surface area (Å²) in [4.78, 5) is 20.3. The lowest BCUT2D eigenvalue weighted by Gasteiger charge is -2.17.